The van der Waals surface area contributed by atoms with Crippen molar-refractivity contribution in [3.05, 3.63) is 0 Å². The molecule has 1 spiro atoms. The molecule has 0 radical (unpaired) electrons. The largest absolute Gasteiger partial charge is 0.327 e. The third kappa shape index (κ3) is 0.572. The van der Waals surface area contributed by atoms with Gasteiger partial charge in [0.2, 0.25) is 0 Å². The summed E-state index contributed by atoms with van der Waals surface area (Å²) in [6, 6.07) is 0.532. The van der Waals surface area contributed by atoms with E-state index >= 15 is 0 Å². The van der Waals surface area contributed by atoms with Crippen LogP contribution in [-0.4, -0.2) is 6.04 Å². The average molecular weight is 139 g/mol. The summed E-state index contributed by atoms with van der Waals surface area (Å²) < 4.78 is 0. The van der Waals surface area contributed by atoms with Crippen LogP contribution in [0.25, 0.3) is 0 Å². The Kier molecular flexibility index (Phi) is 1.05. The maximum atomic E-state index is 5.94. The summed E-state index contributed by atoms with van der Waals surface area (Å²) in [5.74, 6) is 0. The number of nitrogens with two attached hydrogens (primary N) is 1. The Hall–Kier alpha value is -0.0400. The van der Waals surface area contributed by atoms with Crippen molar-refractivity contribution in [1.82, 2.24) is 0 Å². The van der Waals surface area contributed by atoms with Crippen molar-refractivity contribution in [2.75, 3.05) is 0 Å². The molecule has 2 atom stereocenters. The molecule has 0 aliphatic heterocycles. The van der Waals surface area contributed by atoms with Gasteiger partial charge < -0.3 is 5.73 Å². The molecule has 1 heteroatoms. The predicted molar refractivity (Wildman–Crippen MR) is 42.7 cm³/mol. The topological polar surface area (TPSA) is 26.0 Å². The van der Waals surface area contributed by atoms with Crippen LogP contribution < -0.4 is 5.73 Å². The van der Waals surface area contributed by atoms with Gasteiger partial charge in [0.1, 0.15) is 0 Å². The molecule has 1 nitrogen and oxygen atoms in total. The van der Waals surface area contributed by atoms with Gasteiger partial charge in [-0.05, 0) is 30.1 Å². The fourth-order valence-corrected chi connectivity index (χ4v) is 2.83. The minimum atomic E-state index is 0.532. The zero-order valence-corrected chi connectivity index (χ0v) is 6.98. The van der Waals surface area contributed by atoms with Gasteiger partial charge in [-0.3, -0.25) is 0 Å². The highest BCUT2D eigenvalue weighted by molar-refractivity contribution is 5.15. The third-order valence-corrected chi connectivity index (χ3v) is 3.91. The van der Waals surface area contributed by atoms with Gasteiger partial charge in [-0.15, -0.1) is 0 Å². The second-order valence-corrected chi connectivity index (χ2v) is 4.70. The summed E-state index contributed by atoms with van der Waals surface area (Å²) in [6.45, 7) is 4.76. The van der Waals surface area contributed by atoms with Gasteiger partial charge >= 0.3 is 0 Å². The number of hydrogen-bond acceptors (Lipinski definition) is 1. The lowest BCUT2D eigenvalue weighted by Gasteiger charge is -2.27. The van der Waals surface area contributed by atoms with E-state index in [0.29, 0.717) is 16.9 Å². The van der Waals surface area contributed by atoms with E-state index in [9.17, 15) is 0 Å². The molecule has 0 heterocycles. The monoisotopic (exact) mass is 139 g/mol. The van der Waals surface area contributed by atoms with Crippen LogP contribution in [-0.2, 0) is 0 Å². The number of hydrogen-bond donors (Lipinski definition) is 1. The van der Waals surface area contributed by atoms with Crippen LogP contribution in [0.2, 0.25) is 0 Å². The highest BCUT2D eigenvalue weighted by Gasteiger charge is 2.62. The van der Waals surface area contributed by atoms with Gasteiger partial charge in [-0.1, -0.05) is 20.3 Å². The van der Waals surface area contributed by atoms with Crippen molar-refractivity contribution in [2.45, 2.75) is 45.6 Å². The Bertz CT molecular complexity index is 162. The summed E-state index contributed by atoms with van der Waals surface area (Å²) >= 11 is 0. The maximum Gasteiger partial charge on any atom is 0.0107 e. The van der Waals surface area contributed by atoms with E-state index in [1.54, 1.807) is 0 Å². The van der Waals surface area contributed by atoms with Crippen molar-refractivity contribution >= 4 is 0 Å². The standard InChI is InChI=1S/C9H17N/c1-8(2)4-3-5-9(8)6-7(9)10/h7H,3-6,10H2,1-2H3. The highest BCUT2D eigenvalue weighted by atomic mass is 14.8. The molecule has 58 valence electrons. The van der Waals surface area contributed by atoms with Crippen molar-refractivity contribution in [2.24, 2.45) is 16.6 Å². The Morgan fingerprint density at radius 3 is 2.10 bits per heavy atom. The van der Waals surface area contributed by atoms with Gasteiger partial charge in [0, 0.05) is 6.04 Å². The Morgan fingerprint density at radius 2 is 1.90 bits per heavy atom. The van der Waals surface area contributed by atoms with E-state index in [0.717, 1.165) is 0 Å². The lowest BCUT2D eigenvalue weighted by Crippen LogP contribution is -2.25. The van der Waals surface area contributed by atoms with Crippen LogP contribution >= 0.6 is 0 Å². The predicted octanol–water partition coefficient (Wildman–Crippen LogP) is 1.91. The van der Waals surface area contributed by atoms with Gasteiger partial charge in [0.25, 0.3) is 0 Å². The average Bonchev–Trinajstić information content (AvgIpc) is 2.34. The molecular weight excluding hydrogens is 122 g/mol. The second kappa shape index (κ2) is 1.58. The SMILES string of the molecule is CC1(C)CCCC12CC2N. The molecule has 2 fully saturated rings. The van der Waals surface area contributed by atoms with E-state index in [-0.39, 0.29) is 0 Å². The lowest BCUT2D eigenvalue weighted by atomic mass is 9.78. The van der Waals surface area contributed by atoms with Crippen molar-refractivity contribution in [3.63, 3.8) is 0 Å². The normalized spacial score (nSPS) is 50.1. The zero-order valence-electron chi connectivity index (χ0n) is 6.98. The molecule has 2 unspecified atom stereocenters. The fraction of sp³-hybridized carbons (Fsp3) is 1.00. The first-order chi connectivity index (χ1) is 4.58. The first-order valence-corrected chi connectivity index (χ1v) is 4.34. The van der Waals surface area contributed by atoms with Crippen LogP contribution in [0.1, 0.15) is 39.5 Å². The summed E-state index contributed by atoms with van der Waals surface area (Å²) in [6.07, 6.45) is 5.47. The highest BCUT2D eigenvalue weighted by Crippen LogP contribution is 2.66. The molecule has 2 aliphatic rings. The molecule has 2 saturated carbocycles. The zero-order chi connectivity index (χ0) is 7.41. The van der Waals surface area contributed by atoms with Gasteiger partial charge in [0.05, 0.1) is 0 Å². The molecule has 2 N–H and O–H groups in total. The quantitative estimate of drug-likeness (QED) is 0.545. The van der Waals surface area contributed by atoms with Crippen molar-refractivity contribution in [1.29, 1.82) is 0 Å². The van der Waals surface area contributed by atoms with Gasteiger partial charge in [0.15, 0.2) is 0 Å². The van der Waals surface area contributed by atoms with Crippen molar-refractivity contribution < 1.29 is 0 Å². The molecule has 10 heavy (non-hydrogen) atoms. The minimum absolute atomic E-state index is 0.532. The molecule has 0 aromatic rings. The Balaban J connectivity index is 2.23. The molecule has 0 bridgehead atoms. The third-order valence-electron chi connectivity index (χ3n) is 3.91. The molecule has 0 aromatic carbocycles. The second-order valence-electron chi connectivity index (χ2n) is 4.70. The molecule has 2 rings (SSSR count). The van der Waals surface area contributed by atoms with Crippen molar-refractivity contribution in [3.8, 4) is 0 Å². The fourth-order valence-electron chi connectivity index (χ4n) is 2.83. The first-order valence-electron chi connectivity index (χ1n) is 4.34. The van der Waals surface area contributed by atoms with Crippen LogP contribution in [0.4, 0.5) is 0 Å². The number of rotatable bonds is 0. The van der Waals surface area contributed by atoms with Crippen LogP contribution in [0, 0.1) is 10.8 Å². The lowest BCUT2D eigenvalue weighted by molar-refractivity contribution is 0.228. The first kappa shape index (κ1) is 6.66. The summed E-state index contributed by atoms with van der Waals surface area (Å²) in [5.41, 5.74) is 7.06. The molecule has 0 saturated heterocycles. The molecule has 0 amide bonds. The minimum Gasteiger partial charge on any atom is -0.327 e. The summed E-state index contributed by atoms with van der Waals surface area (Å²) in [4.78, 5) is 0. The Morgan fingerprint density at radius 1 is 1.30 bits per heavy atom. The van der Waals surface area contributed by atoms with E-state index in [4.69, 9.17) is 5.73 Å². The van der Waals surface area contributed by atoms with Crippen LogP contribution in [0.5, 0.6) is 0 Å². The smallest absolute Gasteiger partial charge is 0.0107 e. The van der Waals surface area contributed by atoms with Gasteiger partial charge in [-0.2, -0.15) is 0 Å². The summed E-state index contributed by atoms with van der Waals surface area (Å²) in [7, 11) is 0. The van der Waals surface area contributed by atoms with Crippen LogP contribution in [0.15, 0.2) is 0 Å². The van der Waals surface area contributed by atoms with Crippen LogP contribution in [0.3, 0.4) is 0 Å². The maximum absolute atomic E-state index is 5.94. The molecular formula is C9H17N. The van der Waals surface area contributed by atoms with Gasteiger partial charge in [-0.25, -0.2) is 0 Å². The molecule has 2 aliphatic carbocycles. The van der Waals surface area contributed by atoms with E-state index in [1.807, 2.05) is 0 Å². The summed E-state index contributed by atoms with van der Waals surface area (Å²) in [5, 5.41) is 0. The molecule has 0 aromatic heterocycles. The van der Waals surface area contributed by atoms with E-state index < -0.39 is 0 Å². The Labute approximate surface area is 63.0 Å². The van der Waals surface area contributed by atoms with E-state index in [1.165, 1.54) is 25.7 Å². The van der Waals surface area contributed by atoms with E-state index in [2.05, 4.69) is 13.8 Å².